The predicted octanol–water partition coefficient (Wildman–Crippen LogP) is 4.48. The Labute approximate surface area is 180 Å². The molecule has 6 nitrogen and oxygen atoms in total. The van der Waals surface area contributed by atoms with Crippen molar-refractivity contribution in [3.8, 4) is 11.8 Å². The predicted molar refractivity (Wildman–Crippen MR) is 119 cm³/mol. The molecule has 0 saturated carbocycles. The molecule has 0 fully saturated rings. The summed E-state index contributed by atoms with van der Waals surface area (Å²) in [6.07, 6.45) is 3.81. The number of ketones is 1. The summed E-state index contributed by atoms with van der Waals surface area (Å²) in [6, 6.07) is 17.8. The second kappa shape index (κ2) is 7.37. The second-order valence-electron chi connectivity index (χ2n) is 7.81. The molecule has 0 bridgehead atoms. The van der Waals surface area contributed by atoms with Gasteiger partial charge in [-0.2, -0.15) is 5.26 Å². The van der Waals surface area contributed by atoms with Gasteiger partial charge in [0, 0.05) is 29.4 Å². The van der Waals surface area contributed by atoms with Gasteiger partial charge in [-0.25, -0.2) is 0 Å². The smallest absolute Gasteiger partial charge is 0.161 e. The van der Waals surface area contributed by atoms with Gasteiger partial charge in [-0.05, 0) is 54.1 Å². The molecule has 3 aromatic rings. The van der Waals surface area contributed by atoms with Crippen LogP contribution in [0.2, 0.25) is 0 Å². The van der Waals surface area contributed by atoms with Crippen LogP contribution in [0.4, 0.5) is 5.69 Å². The fourth-order valence-corrected chi connectivity index (χ4v) is 4.76. The highest BCUT2D eigenvalue weighted by molar-refractivity contribution is 6.01. The number of aromatic nitrogens is 1. The van der Waals surface area contributed by atoms with Gasteiger partial charge >= 0.3 is 0 Å². The van der Waals surface area contributed by atoms with Gasteiger partial charge in [-0.3, -0.25) is 9.69 Å². The van der Waals surface area contributed by atoms with E-state index in [1.807, 2.05) is 59.6 Å². The van der Waals surface area contributed by atoms with Crippen molar-refractivity contribution in [1.29, 1.82) is 5.26 Å². The fourth-order valence-electron chi connectivity index (χ4n) is 4.76. The number of nitrogens with zero attached hydrogens (tertiary/aromatic N) is 2. The summed E-state index contributed by atoms with van der Waals surface area (Å²) in [4.78, 5) is 18.3. The number of nitrogens with one attached hydrogen (secondary N) is 1. The number of H-pyrrole nitrogens is 1. The average molecular weight is 410 g/mol. The Morgan fingerprint density at radius 2 is 2.03 bits per heavy atom. The van der Waals surface area contributed by atoms with Gasteiger partial charge in [0.2, 0.25) is 0 Å². The quantitative estimate of drug-likeness (QED) is 0.664. The molecule has 6 heteroatoms. The van der Waals surface area contributed by atoms with Gasteiger partial charge in [0.15, 0.2) is 5.78 Å². The third-order valence-corrected chi connectivity index (χ3v) is 6.15. The Balaban J connectivity index is 1.77. The number of ether oxygens (including phenoxy) is 1. The van der Waals surface area contributed by atoms with E-state index in [2.05, 4.69) is 11.1 Å². The molecule has 2 aliphatic rings. The summed E-state index contributed by atoms with van der Waals surface area (Å²) < 4.78 is 5.56. The number of nitrogens with two attached hydrogens (primary N) is 1. The van der Waals surface area contributed by atoms with Crippen molar-refractivity contribution >= 4 is 22.4 Å². The van der Waals surface area contributed by atoms with Crippen molar-refractivity contribution in [2.75, 3.05) is 12.0 Å². The highest BCUT2D eigenvalue weighted by Crippen LogP contribution is 2.48. The first-order valence-corrected chi connectivity index (χ1v) is 10.3. The van der Waals surface area contributed by atoms with Crippen LogP contribution in [0.5, 0.6) is 5.75 Å². The van der Waals surface area contributed by atoms with Crippen LogP contribution >= 0.6 is 0 Å². The number of anilines is 1. The zero-order valence-electron chi connectivity index (χ0n) is 17.2. The number of rotatable bonds is 3. The molecular formula is C25H22N4O2. The summed E-state index contributed by atoms with van der Waals surface area (Å²) >= 11 is 0. The van der Waals surface area contributed by atoms with Crippen LogP contribution in [0.25, 0.3) is 10.9 Å². The van der Waals surface area contributed by atoms with Crippen LogP contribution < -0.4 is 15.4 Å². The summed E-state index contributed by atoms with van der Waals surface area (Å²) in [5, 5.41) is 11.2. The molecule has 154 valence electrons. The number of hydrogen-bond acceptors (Lipinski definition) is 5. The Kier molecular flexibility index (Phi) is 4.52. The summed E-state index contributed by atoms with van der Waals surface area (Å²) in [5.41, 5.74) is 11.2. The number of hydrogen-bond donors (Lipinski definition) is 2. The molecular weight excluding hydrogens is 388 g/mol. The van der Waals surface area contributed by atoms with E-state index in [9.17, 15) is 10.1 Å². The first kappa shape index (κ1) is 19.0. The number of carbonyl (C=O) groups excluding carboxylic acids is 1. The average Bonchev–Trinajstić information content (AvgIpc) is 3.26. The number of methoxy groups -OCH3 is 1. The number of allylic oxidation sites excluding steroid dienone is 3. The van der Waals surface area contributed by atoms with Crippen molar-refractivity contribution in [2.45, 2.75) is 25.2 Å². The Morgan fingerprint density at radius 3 is 2.84 bits per heavy atom. The topological polar surface area (TPSA) is 95.1 Å². The maximum atomic E-state index is 13.2. The molecule has 1 aliphatic heterocycles. The number of para-hydroxylation sites is 2. The van der Waals surface area contributed by atoms with Crippen LogP contribution in [0.3, 0.4) is 0 Å². The number of fused-ring (bicyclic) bond motifs is 1. The second-order valence-corrected chi connectivity index (χ2v) is 7.81. The van der Waals surface area contributed by atoms with E-state index < -0.39 is 5.92 Å². The minimum absolute atomic E-state index is 0.0700. The number of aromatic amines is 1. The van der Waals surface area contributed by atoms with E-state index in [0.717, 1.165) is 34.3 Å². The molecule has 0 radical (unpaired) electrons. The van der Waals surface area contributed by atoms with Crippen LogP contribution in [0.1, 0.15) is 30.7 Å². The lowest BCUT2D eigenvalue weighted by Crippen LogP contribution is -2.38. The molecule has 0 spiro atoms. The highest BCUT2D eigenvalue weighted by atomic mass is 16.5. The zero-order chi connectivity index (χ0) is 21.5. The van der Waals surface area contributed by atoms with Crippen molar-refractivity contribution < 1.29 is 9.53 Å². The largest absolute Gasteiger partial charge is 0.495 e. The molecule has 1 aromatic heterocycles. The third kappa shape index (κ3) is 2.89. The Morgan fingerprint density at radius 1 is 1.19 bits per heavy atom. The first-order chi connectivity index (χ1) is 15.1. The molecule has 0 saturated heterocycles. The van der Waals surface area contributed by atoms with Gasteiger partial charge in [-0.1, -0.05) is 18.2 Å². The fraction of sp³-hybridized carbons (Fsp3) is 0.200. The Bertz CT molecular complexity index is 1310. The molecule has 5 rings (SSSR count). The van der Waals surface area contributed by atoms with Gasteiger partial charge in [0.1, 0.15) is 11.6 Å². The van der Waals surface area contributed by atoms with E-state index in [1.165, 1.54) is 0 Å². The number of nitriles is 1. The zero-order valence-corrected chi connectivity index (χ0v) is 17.2. The van der Waals surface area contributed by atoms with Crippen molar-refractivity contribution in [3.63, 3.8) is 0 Å². The van der Waals surface area contributed by atoms with Gasteiger partial charge in [0.05, 0.1) is 30.4 Å². The lowest BCUT2D eigenvalue weighted by Gasteiger charge is -2.40. The van der Waals surface area contributed by atoms with E-state index in [4.69, 9.17) is 10.5 Å². The van der Waals surface area contributed by atoms with Crippen molar-refractivity contribution in [3.05, 3.63) is 83.0 Å². The maximum absolute atomic E-state index is 13.2. The van der Waals surface area contributed by atoms with Gasteiger partial charge in [0.25, 0.3) is 0 Å². The highest BCUT2D eigenvalue weighted by Gasteiger charge is 2.40. The van der Waals surface area contributed by atoms with Crippen LogP contribution in [0.15, 0.2) is 77.4 Å². The van der Waals surface area contributed by atoms with Crippen LogP contribution in [0, 0.1) is 11.3 Å². The maximum Gasteiger partial charge on any atom is 0.161 e. The molecule has 1 atom stereocenters. The summed E-state index contributed by atoms with van der Waals surface area (Å²) in [7, 11) is 1.60. The first-order valence-electron chi connectivity index (χ1n) is 10.3. The lowest BCUT2D eigenvalue weighted by molar-refractivity contribution is -0.116. The van der Waals surface area contributed by atoms with E-state index in [1.54, 1.807) is 7.11 Å². The van der Waals surface area contributed by atoms with E-state index >= 15 is 0 Å². The van der Waals surface area contributed by atoms with Gasteiger partial charge in [-0.15, -0.1) is 0 Å². The minimum Gasteiger partial charge on any atom is -0.495 e. The van der Waals surface area contributed by atoms with E-state index in [-0.39, 0.29) is 5.78 Å². The summed E-state index contributed by atoms with van der Waals surface area (Å²) in [6.45, 7) is 0. The molecule has 0 amide bonds. The molecule has 2 aromatic carbocycles. The molecule has 2 heterocycles. The van der Waals surface area contributed by atoms with Crippen molar-refractivity contribution in [2.24, 2.45) is 5.73 Å². The SMILES string of the molecule is COc1ccccc1N1C(N)=C(C#N)[C@H](c2ccc3[nH]ccc3c2)C2=C1CCCC2=O. The third-order valence-electron chi connectivity index (χ3n) is 6.15. The number of Topliss-reactive ketones (excluding diaryl/α,β-unsaturated/α-hetero) is 1. The normalized spacial score (nSPS) is 18.9. The monoisotopic (exact) mass is 410 g/mol. The van der Waals surface area contributed by atoms with E-state index in [0.29, 0.717) is 35.6 Å². The minimum atomic E-state index is -0.474. The number of carbonyl (C=O) groups is 1. The van der Waals surface area contributed by atoms with Crippen LogP contribution in [-0.4, -0.2) is 17.9 Å². The van der Waals surface area contributed by atoms with Gasteiger partial charge < -0.3 is 15.5 Å². The Hall–Kier alpha value is -3.98. The molecule has 31 heavy (non-hydrogen) atoms. The molecule has 1 aliphatic carbocycles. The van der Waals surface area contributed by atoms with Crippen LogP contribution in [-0.2, 0) is 4.79 Å². The summed E-state index contributed by atoms with van der Waals surface area (Å²) in [5.74, 6) is 0.582. The molecule has 0 unspecified atom stereocenters. The molecule has 3 N–H and O–H groups in total. The number of benzene rings is 2. The van der Waals surface area contributed by atoms with Crippen molar-refractivity contribution in [1.82, 2.24) is 4.98 Å². The standard InChI is InChI=1S/C25H22N4O2/c1-31-22-8-3-2-5-19(22)29-20-6-4-7-21(30)24(20)23(17(14-26)25(29)27)16-9-10-18-15(13-16)11-12-28-18/h2-3,5,8-13,23,28H,4,6-7,27H2,1H3/t23-/m0/s1. The lowest BCUT2D eigenvalue weighted by atomic mass is 9.75.